The Morgan fingerprint density at radius 2 is 1.94 bits per heavy atom. The Balaban J connectivity index is 2.16. The Morgan fingerprint density at radius 3 is 2.50 bits per heavy atom. The van der Waals surface area contributed by atoms with Crippen LogP contribution in [0.2, 0.25) is 0 Å². The summed E-state index contributed by atoms with van der Waals surface area (Å²) in [5.41, 5.74) is 0. The van der Waals surface area contributed by atoms with Gasteiger partial charge in [0.1, 0.15) is 0 Å². The van der Waals surface area contributed by atoms with Gasteiger partial charge in [0, 0.05) is 52.7 Å². The van der Waals surface area contributed by atoms with Gasteiger partial charge in [-0.05, 0) is 6.42 Å². The Bertz CT molecular complexity index is 263. The van der Waals surface area contributed by atoms with E-state index in [1.54, 1.807) is 4.90 Å². The first-order valence-electron chi connectivity index (χ1n) is 6.83. The molecule has 1 saturated heterocycles. The number of hydrogen-bond donors (Lipinski definition) is 0. The summed E-state index contributed by atoms with van der Waals surface area (Å²) in [5.74, 6) is 0.223. The SMILES string of the molecule is CCCCN(C)C(=O)CCN1CCN(C=O)CC1. The molecule has 0 radical (unpaired) electrons. The molecular weight excluding hydrogens is 230 g/mol. The van der Waals surface area contributed by atoms with Crippen LogP contribution in [-0.4, -0.2) is 73.3 Å². The third-order valence-electron chi connectivity index (χ3n) is 3.47. The predicted molar refractivity (Wildman–Crippen MR) is 71.2 cm³/mol. The van der Waals surface area contributed by atoms with E-state index >= 15 is 0 Å². The van der Waals surface area contributed by atoms with E-state index in [4.69, 9.17) is 0 Å². The number of carbonyl (C=O) groups excluding carboxylic acids is 2. The third kappa shape index (κ3) is 5.04. The fourth-order valence-electron chi connectivity index (χ4n) is 2.06. The average molecular weight is 255 g/mol. The number of unbranched alkanes of at least 4 members (excludes halogenated alkanes) is 1. The first kappa shape index (κ1) is 15.0. The van der Waals surface area contributed by atoms with Crippen molar-refractivity contribution in [3.63, 3.8) is 0 Å². The van der Waals surface area contributed by atoms with Gasteiger partial charge < -0.3 is 9.80 Å². The molecule has 1 aliphatic rings. The normalized spacial score (nSPS) is 16.7. The maximum absolute atomic E-state index is 11.8. The zero-order valence-electron chi connectivity index (χ0n) is 11.6. The Kier molecular flexibility index (Phi) is 6.72. The van der Waals surface area contributed by atoms with Crippen molar-refractivity contribution in [3.8, 4) is 0 Å². The maximum atomic E-state index is 11.8. The van der Waals surface area contributed by atoms with Crippen molar-refractivity contribution < 1.29 is 9.59 Å². The third-order valence-corrected chi connectivity index (χ3v) is 3.47. The number of piperazine rings is 1. The summed E-state index contributed by atoms with van der Waals surface area (Å²) >= 11 is 0. The van der Waals surface area contributed by atoms with Gasteiger partial charge in [0.25, 0.3) is 0 Å². The van der Waals surface area contributed by atoms with Gasteiger partial charge in [0.2, 0.25) is 12.3 Å². The van der Waals surface area contributed by atoms with Crippen LogP contribution >= 0.6 is 0 Å². The lowest BCUT2D eigenvalue weighted by Gasteiger charge is -2.32. The molecule has 0 aliphatic carbocycles. The van der Waals surface area contributed by atoms with Crippen LogP contribution in [0.5, 0.6) is 0 Å². The molecule has 104 valence electrons. The fourth-order valence-corrected chi connectivity index (χ4v) is 2.06. The van der Waals surface area contributed by atoms with Gasteiger partial charge in [-0.15, -0.1) is 0 Å². The average Bonchev–Trinajstić information content (AvgIpc) is 2.42. The molecule has 1 aliphatic heterocycles. The van der Waals surface area contributed by atoms with Crippen LogP contribution in [0.15, 0.2) is 0 Å². The van der Waals surface area contributed by atoms with Crippen LogP contribution in [0.3, 0.4) is 0 Å². The molecule has 0 atom stereocenters. The van der Waals surface area contributed by atoms with Crippen LogP contribution in [0.4, 0.5) is 0 Å². The largest absolute Gasteiger partial charge is 0.346 e. The Hall–Kier alpha value is -1.10. The van der Waals surface area contributed by atoms with Crippen molar-refractivity contribution in [3.05, 3.63) is 0 Å². The summed E-state index contributed by atoms with van der Waals surface area (Å²) in [5, 5.41) is 0. The minimum absolute atomic E-state index is 0.223. The molecule has 0 saturated carbocycles. The molecule has 1 fully saturated rings. The summed E-state index contributed by atoms with van der Waals surface area (Å²) in [6.07, 6.45) is 3.67. The molecule has 0 unspecified atom stereocenters. The minimum atomic E-state index is 0.223. The molecule has 0 aromatic carbocycles. The second kappa shape index (κ2) is 8.08. The summed E-state index contributed by atoms with van der Waals surface area (Å²) in [4.78, 5) is 28.3. The summed E-state index contributed by atoms with van der Waals surface area (Å²) < 4.78 is 0. The number of carbonyl (C=O) groups is 2. The quantitative estimate of drug-likeness (QED) is 0.619. The standard InChI is InChI=1S/C13H25N3O2/c1-3-4-6-14(2)13(18)5-7-15-8-10-16(12-17)11-9-15/h12H,3-11H2,1-2H3. The number of nitrogens with zero attached hydrogens (tertiary/aromatic N) is 3. The molecule has 5 heteroatoms. The molecule has 18 heavy (non-hydrogen) atoms. The number of rotatable bonds is 7. The predicted octanol–water partition coefficient (Wildman–Crippen LogP) is 0.409. The monoisotopic (exact) mass is 255 g/mol. The van der Waals surface area contributed by atoms with Crippen LogP contribution in [0.25, 0.3) is 0 Å². The molecule has 0 aromatic rings. The molecular formula is C13H25N3O2. The highest BCUT2D eigenvalue weighted by Crippen LogP contribution is 2.02. The molecule has 0 bridgehead atoms. The van der Waals surface area contributed by atoms with Gasteiger partial charge in [-0.3, -0.25) is 14.5 Å². The summed E-state index contributed by atoms with van der Waals surface area (Å²) in [7, 11) is 1.88. The zero-order valence-corrected chi connectivity index (χ0v) is 11.6. The summed E-state index contributed by atoms with van der Waals surface area (Å²) in [6, 6.07) is 0. The number of amides is 2. The van der Waals surface area contributed by atoms with Gasteiger partial charge in [-0.25, -0.2) is 0 Å². The van der Waals surface area contributed by atoms with Gasteiger partial charge in [-0.1, -0.05) is 13.3 Å². The van der Waals surface area contributed by atoms with Crippen molar-refractivity contribution in [1.29, 1.82) is 0 Å². The lowest BCUT2D eigenvalue weighted by molar-refractivity contribution is -0.130. The van der Waals surface area contributed by atoms with E-state index in [0.717, 1.165) is 58.5 Å². The van der Waals surface area contributed by atoms with Gasteiger partial charge >= 0.3 is 0 Å². The van der Waals surface area contributed by atoms with Crippen LogP contribution in [0, 0.1) is 0 Å². The minimum Gasteiger partial charge on any atom is -0.346 e. The molecule has 5 nitrogen and oxygen atoms in total. The zero-order chi connectivity index (χ0) is 13.4. The highest BCUT2D eigenvalue weighted by molar-refractivity contribution is 5.76. The Labute approximate surface area is 110 Å². The van der Waals surface area contributed by atoms with Crippen molar-refractivity contribution in [2.75, 3.05) is 46.3 Å². The van der Waals surface area contributed by atoms with E-state index in [2.05, 4.69) is 11.8 Å². The van der Waals surface area contributed by atoms with Gasteiger partial charge in [0.05, 0.1) is 0 Å². The van der Waals surface area contributed by atoms with E-state index in [1.165, 1.54) is 0 Å². The smallest absolute Gasteiger partial charge is 0.223 e. The van der Waals surface area contributed by atoms with Crippen molar-refractivity contribution in [2.24, 2.45) is 0 Å². The highest BCUT2D eigenvalue weighted by atomic mass is 16.2. The molecule has 0 aromatic heterocycles. The molecule has 1 rings (SSSR count). The molecule has 1 heterocycles. The Morgan fingerprint density at radius 1 is 1.28 bits per heavy atom. The van der Waals surface area contributed by atoms with Gasteiger partial charge in [-0.2, -0.15) is 0 Å². The van der Waals surface area contributed by atoms with E-state index in [0.29, 0.717) is 6.42 Å². The van der Waals surface area contributed by atoms with Gasteiger partial charge in [0.15, 0.2) is 0 Å². The second-order valence-corrected chi connectivity index (χ2v) is 4.90. The maximum Gasteiger partial charge on any atom is 0.223 e. The number of hydrogen-bond acceptors (Lipinski definition) is 3. The lowest BCUT2D eigenvalue weighted by Crippen LogP contribution is -2.46. The first-order chi connectivity index (χ1) is 8.67. The molecule has 0 N–H and O–H groups in total. The molecule has 2 amide bonds. The van der Waals surface area contributed by atoms with Crippen molar-refractivity contribution >= 4 is 12.3 Å². The molecule has 0 spiro atoms. The lowest BCUT2D eigenvalue weighted by atomic mass is 10.2. The highest BCUT2D eigenvalue weighted by Gasteiger charge is 2.16. The van der Waals surface area contributed by atoms with Crippen molar-refractivity contribution in [1.82, 2.24) is 14.7 Å². The van der Waals surface area contributed by atoms with E-state index in [1.807, 2.05) is 11.9 Å². The fraction of sp³-hybridized carbons (Fsp3) is 0.846. The van der Waals surface area contributed by atoms with Crippen molar-refractivity contribution in [2.45, 2.75) is 26.2 Å². The van der Waals surface area contributed by atoms with Crippen LogP contribution in [-0.2, 0) is 9.59 Å². The van der Waals surface area contributed by atoms with Crippen LogP contribution < -0.4 is 0 Å². The van der Waals surface area contributed by atoms with E-state index in [9.17, 15) is 9.59 Å². The van der Waals surface area contributed by atoms with Crippen LogP contribution in [0.1, 0.15) is 26.2 Å². The first-order valence-corrected chi connectivity index (χ1v) is 6.83. The topological polar surface area (TPSA) is 43.9 Å². The van der Waals surface area contributed by atoms with E-state index < -0.39 is 0 Å². The van der Waals surface area contributed by atoms with E-state index in [-0.39, 0.29) is 5.91 Å². The summed E-state index contributed by atoms with van der Waals surface area (Å²) in [6.45, 7) is 7.11. The second-order valence-electron chi connectivity index (χ2n) is 4.90.